The Morgan fingerprint density at radius 3 is 2.16 bits per heavy atom. The first-order valence-electron chi connectivity index (χ1n) is 13.6. The van der Waals surface area contributed by atoms with E-state index in [-0.39, 0.29) is 34.5 Å². The van der Waals surface area contributed by atoms with Gasteiger partial charge in [-0.25, -0.2) is 4.79 Å². The average Bonchev–Trinajstić information content (AvgIpc) is 3.52. The molecule has 10 nitrogen and oxygen atoms in total. The Bertz CT molecular complexity index is 1620. The number of nitrogens with zero attached hydrogens (tertiary/aromatic N) is 5. The molecular weight excluding hydrogens is 672 g/mol. The van der Waals surface area contributed by atoms with Crippen molar-refractivity contribution in [3.05, 3.63) is 84.8 Å². The molecule has 1 fully saturated rings. The molecule has 0 unspecified atom stereocenters. The number of carbonyl (C=O) groups excluding carboxylic acids is 2. The number of tetrazole rings is 1. The van der Waals surface area contributed by atoms with Gasteiger partial charge < -0.3 is 19.9 Å². The molecule has 2 heterocycles. The molecule has 3 aromatic carbocycles. The van der Waals surface area contributed by atoms with E-state index < -0.39 is 17.9 Å². The maximum absolute atomic E-state index is 13.3. The van der Waals surface area contributed by atoms with Crippen LogP contribution in [-0.4, -0.2) is 71.3 Å². The van der Waals surface area contributed by atoms with Crippen LogP contribution in [0.4, 0.5) is 11.4 Å². The van der Waals surface area contributed by atoms with Crippen molar-refractivity contribution in [2.75, 3.05) is 42.6 Å². The van der Waals surface area contributed by atoms with Crippen LogP contribution in [-0.2, 0) is 16.0 Å². The van der Waals surface area contributed by atoms with E-state index in [1.807, 2.05) is 24.3 Å². The predicted octanol–water partition coefficient (Wildman–Crippen LogP) is 6.36. The number of benzene rings is 3. The molecule has 1 aromatic heterocycles. The molecule has 0 radical (unpaired) electrons. The molecule has 44 heavy (non-hydrogen) atoms. The molecule has 0 saturated carbocycles. The van der Waals surface area contributed by atoms with Gasteiger partial charge in [0.05, 0.1) is 32.9 Å². The van der Waals surface area contributed by atoms with Gasteiger partial charge in [0.2, 0.25) is 5.82 Å². The second kappa shape index (κ2) is 14.2. The van der Waals surface area contributed by atoms with Crippen LogP contribution < -0.4 is 15.1 Å². The number of ether oxygens (including phenoxy) is 1. The highest BCUT2D eigenvalue weighted by Crippen LogP contribution is 2.32. The van der Waals surface area contributed by atoms with Gasteiger partial charge in [-0.2, -0.15) is 5.21 Å². The van der Waals surface area contributed by atoms with Crippen LogP contribution >= 0.6 is 58.0 Å². The summed E-state index contributed by atoms with van der Waals surface area (Å²) in [5.74, 6) is -0.980. The highest BCUT2D eigenvalue weighted by atomic mass is 35.5. The molecule has 230 valence electrons. The largest absolute Gasteiger partial charge is 0.464 e. The Balaban J connectivity index is 1.28. The van der Waals surface area contributed by atoms with Crippen LogP contribution in [0.15, 0.2) is 48.5 Å². The molecule has 1 amide bonds. The maximum atomic E-state index is 13.3. The van der Waals surface area contributed by atoms with E-state index in [0.29, 0.717) is 20.6 Å². The number of hydrogen-bond donors (Lipinski definition) is 2. The van der Waals surface area contributed by atoms with Crippen LogP contribution in [0.1, 0.15) is 22.8 Å². The van der Waals surface area contributed by atoms with Gasteiger partial charge in [-0.3, -0.25) is 4.79 Å². The monoisotopic (exact) mass is 695 g/mol. The third-order valence-electron chi connectivity index (χ3n) is 7.03. The number of rotatable bonds is 9. The summed E-state index contributed by atoms with van der Waals surface area (Å²) in [5.41, 5.74) is 3.05. The van der Waals surface area contributed by atoms with Crippen molar-refractivity contribution >= 4 is 81.3 Å². The first-order valence-corrected chi connectivity index (χ1v) is 15.5. The standard InChI is InChI=1S/C29H26Cl5N7O3/c1-2-44-29(43)24(35-28(42)26-22(33)11-17(12-23(26)34)27-36-38-39-37-27)10-16-3-4-25(21(32)9-16)41-7-5-40(6-8-41)20-14-18(30)13-19(31)15-20/h3-4,9,11-15,24H,2,5-8,10H2,1H3,(H,35,42)(H,36,37,38,39)/t24-/m0/s1. The third-order valence-corrected chi connectivity index (χ3v) is 8.37. The molecule has 0 spiro atoms. The lowest BCUT2D eigenvalue weighted by atomic mass is 10.0. The van der Waals surface area contributed by atoms with Crippen LogP contribution in [0.2, 0.25) is 25.1 Å². The summed E-state index contributed by atoms with van der Waals surface area (Å²) in [6.45, 7) is 4.81. The highest BCUT2D eigenvalue weighted by molar-refractivity contribution is 6.40. The second-order valence-electron chi connectivity index (χ2n) is 9.92. The minimum absolute atomic E-state index is 0.00226. The summed E-state index contributed by atoms with van der Waals surface area (Å²) in [6.07, 6.45) is 0.129. The SMILES string of the molecule is CCOC(=O)[C@H](Cc1ccc(N2CCN(c3cc(Cl)cc(Cl)c3)CC2)c(Cl)c1)NC(=O)c1c(Cl)cc(-c2nn[nH]n2)cc1Cl. The second-order valence-corrected chi connectivity index (χ2v) is 12.0. The van der Waals surface area contributed by atoms with Gasteiger partial charge in [0, 0.05) is 53.9 Å². The van der Waals surface area contributed by atoms with Crippen LogP contribution in [0.5, 0.6) is 0 Å². The lowest BCUT2D eigenvalue weighted by molar-refractivity contribution is -0.145. The number of hydrogen-bond acceptors (Lipinski definition) is 8. The van der Waals surface area contributed by atoms with Crippen molar-refractivity contribution < 1.29 is 14.3 Å². The van der Waals surface area contributed by atoms with Crippen molar-refractivity contribution in [1.82, 2.24) is 25.9 Å². The summed E-state index contributed by atoms with van der Waals surface area (Å²) in [6, 6.07) is 13.1. The topological polar surface area (TPSA) is 116 Å². The minimum Gasteiger partial charge on any atom is -0.464 e. The number of amides is 1. The van der Waals surface area contributed by atoms with Gasteiger partial charge in [0.15, 0.2) is 0 Å². The fourth-order valence-electron chi connectivity index (χ4n) is 4.97. The van der Waals surface area contributed by atoms with E-state index in [1.54, 1.807) is 19.1 Å². The van der Waals surface area contributed by atoms with Crippen molar-refractivity contribution in [3.8, 4) is 11.4 Å². The fourth-order valence-corrected chi connectivity index (χ4v) is 6.46. The number of piperazine rings is 1. The number of H-pyrrole nitrogens is 1. The molecule has 1 saturated heterocycles. The zero-order chi connectivity index (χ0) is 31.4. The highest BCUT2D eigenvalue weighted by Gasteiger charge is 2.27. The average molecular weight is 698 g/mol. The summed E-state index contributed by atoms with van der Waals surface area (Å²) in [5, 5.41) is 18.2. The predicted molar refractivity (Wildman–Crippen MR) is 174 cm³/mol. The Hall–Kier alpha value is -3.28. The number of esters is 1. The van der Waals surface area contributed by atoms with Crippen molar-refractivity contribution in [2.45, 2.75) is 19.4 Å². The van der Waals surface area contributed by atoms with Gasteiger partial charge in [0.1, 0.15) is 6.04 Å². The lowest BCUT2D eigenvalue weighted by Gasteiger charge is -2.38. The zero-order valence-corrected chi connectivity index (χ0v) is 27.1. The van der Waals surface area contributed by atoms with Crippen LogP contribution in [0, 0.1) is 0 Å². The van der Waals surface area contributed by atoms with E-state index in [0.717, 1.165) is 43.1 Å². The number of halogens is 5. The van der Waals surface area contributed by atoms with Gasteiger partial charge in [-0.05, 0) is 60.2 Å². The molecular formula is C29H26Cl5N7O3. The molecule has 0 bridgehead atoms. The Morgan fingerprint density at radius 2 is 1.57 bits per heavy atom. The van der Waals surface area contributed by atoms with Crippen molar-refractivity contribution in [2.24, 2.45) is 0 Å². The number of anilines is 2. The summed E-state index contributed by atoms with van der Waals surface area (Å²) < 4.78 is 5.24. The summed E-state index contributed by atoms with van der Waals surface area (Å²) in [4.78, 5) is 30.6. The van der Waals surface area contributed by atoms with E-state index in [4.69, 9.17) is 62.7 Å². The molecule has 1 aliphatic rings. The first kappa shape index (κ1) is 32.1. The van der Waals surface area contributed by atoms with Crippen LogP contribution in [0.25, 0.3) is 11.4 Å². The lowest BCUT2D eigenvalue weighted by Crippen LogP contribution is -2.46. The molecule has 1 aliphatic heterocycles. The summed E-state index contributed by atoms with van der Waals surface area (Å²) >= 11 is 31.9. The molecule has 2 N–H and O–H groups in total. The third kappa shape index (κ3) is 7.50. The van der Waals surface area contributed by atoms with Gasteiger partial charge >= 0.3 is 5.97 Å². The van der Waals surface area contributed by atoms with Gasteiger partial charge in [-0.15, -0.1) is 10.2 Å². The van der Waals surface area contributed by atoms with E-state index in [2.05, 4.69) is 35.7 Å². The van der Waals surface area contributed by atoms with Gasteiger partial charge in [-0.1, -0.05) is 64.1 Å². The number of aromatic nitrogens is 4. The molecule has 15 heteroatoms. The minimum atomic E-state index is -1.03. The molecule has 4 aromatic rings. The molecule has 0 aliphatic carbocycles. The number of carbonyl (C=O) groups is 2. The Kier molecular flexibility index (Phi) is 10.4. The maximum Gasteiger partial charge on any atom is 0.328 e. The zero-order valence-electron chi connectivity index (χ0n) is 23.3. The smallest absolute Gasteiger partial charge is 0.328 e. The molecule has 1 atom stereocenters. The van der Waals surface area contributed by atoms with Crippen molar-refractivity contribution in [1.29, 1.82) is 0 Å². The van der Waals surface area contributed by atoms with E-state index in [1.165, 1.54) is 12.1 Å². The van der Waals surface area contributed by atoms with Gasteiger partial charge in [0.25, 0.3) is 5.91 Å². The normalized spacial score (nSPS) is 14.0. The van der Waals surface area contributed by atoms with Crippen LogP contribution in [0.3, 0.4) is 0 Å². The quantitative estimate of drug-likeness (QED) is 0.194. The Morgan fingerprint density at radius 1 is 0.909 bits per heavy atom. The Labute approximate surface area is 278 Å². The summed E-state index contributed by atoms with van der Waals surface area (Å²) in [7, 11) is 0. The number of nitrogens with one attached hydrogen (secondary N) is 2. The number of aromatic amines is 1. The molecule has 5 rings (SSSR count). The van der Waals surface area contributed by atoms with E-state index >= 15 is 0 Å². The van der Waals surface area contributed by atoms with Crippen molar-refractivity contribution in [3.63, 3.8) is 0 Å². The fraction of sp³-hybridized carbons (Fsp3) is 0.276. The van der Waals surface area contributed by atoms with E-state index in [9.17, 15) is 9.59 Å². The first-order chi connectivity index (χ1) is 21.1.